The molecule has 3 rings (SSSR count). The Bertz CT molecular complexity index is 515. The van der Waals surface area contributed by atoms with Crippen LogP contribution in [-0.4, -0.2) is 22.1 Å². The first-order chi connectivity index (χ1) is 7.77. The summed E-state index contributed by atoms with van der Waals surface area (Å²) < 4.78 is 2.24. The van der Waals surface area contributed by atoms with Crippen molar-refractivity contribution < 1.29 is 0 Å². The van der Waals surface area contributed by atoms with Gasteiger partial charge in [0.25, 0.3) is 0 Å². The van der Waals surface area contributed by atoms with Gasteiger partial charge in [0.1, 0.15) is 5.82 Å². The van der Waals surface area contributed by atoms with Crippen molar-refractivity contribution in [2.45, 2.75) is 25.3 Å². The summed E-state index contributed by atoms with van der Waals surface area (Å²) in [6.45, 7) is 3.35. The second-order valence-electron chi connectivity index (χ2n) is 4.66. The predicted molar refractivity (Wildman–Crippen MR) is 65.5 cm³/mol. The van der Waals surface area contributed by atoms with Crippen molar-refractivity contribution in [2.24, 2.45) is 7.05 Å². The van der Waals surface area contributed by atoms with E-state index in [1.807, 2.05) is 0 Å². The van der Waals surface area contributed by atoms with Crippen molar-refractivity contribution in [3.8, 4) is 0 Å². The molecule has 0 bridgehead atoms. The largest absolute Gasteiger partial charge is 0.331 e. The van der Waals surface area contributed by atoms with Crippen LogP contribution in [0.4, 0.5) is 0 Å². The van der Waals surface area contributed by atoms with E-state index < -0.39 is 0 Å². The van der Waals surface area contributed by atoms with Gasteiger partial charge < -0.3 is 9.88 Å². The van der Waals surface area contributed by atoms with Gasteiger partial charge in [-0.05, 0) is 32.0 Å². The Balaban J connectivity index is 2.13. The van der Waals surface area contributed by atoms with Crippen LogP contribution in [0.15, 0.2) is 24.3 Å². The zero-order chi connectivity index (χ0) is 11.1. The summed E-state index contributed by atoms with van der Waals surface area (Å²) in [7, 11) is 2.12. The number of imidazole rings is 1. The van der Waals surface area contributed by atoms with Gasteiger partial charge in [-0.1, -0.05) is 12.1 Å². The number of benzene rings is 1. The zero-order valence-corrected chi connectivity index (χ0v) is 9.77. The topological polar surface area (TPSA) is 29.9 Å². The van der Waals surface area contributed by atoms with E-state index in [0.29, 0.717) is 12.0 Å². The third kappa shape index (κ3) is 1.35. The van der Waals surface area contributed by atoms with E-state index in [0.717, 1.165) is 12.1 Å². The lowest BCUT2D eigenvalue weighted by molar-refractivity contribution is 0.554. The number of rotatable bonds is 1. The molecule has 0 radical (unpaired) electrons. The smallest absolute Gasteiger partial charge is 0.114 e. The van der Waals surface area contributed by atoms with E-state index in [9.17, 15) is 0 Å². The van der Waals surface area contributed by atoms with Crippen LogP contribution in [0.3, 0.4) is 0 Å². The molecule has 0 amide bonds. The van der Waals surface area contributed by atoms with Gasteiger partial charge in [-0.25, -0.2) is 4.98 Å². The van der Waals surface area contributed by atoms with E-state index in [2.05, 4.69) is 48.1 Å². The summed E-state index contributed by atoms with van der Waals surface area (Å²) in [6.07, 6.45) is 1.19. The average Bonchev–Trinajstić information content (AvgIpc) is 2.84. The van der Waals surface area contributed by atoms with E-state index in [4.69, 9.17) is 4.98 Å². The van der Waals surface area contributed by atoms with E-state index in [1.54, 1.807) is 0 Å². The van der Waals surface area contributed by atoms with Crippen LogP contribution in [0.2, 0.25) is 0 Å². The molecule has 0 spiro atoms. The molecular weight excluding hydrogens is 198 g/mol. The van der Waals surface area contributed by atoms with Gasteiger partial charge in [-0.2, -0.15) is 0 Å². The molecule has 2 unspecified atom stereocenters. The van der Waals surface area contributed by atoms with Gasteiger partial charge in [-0.3, -0.25) is 0 Å². The van der Waals surface area contributed by atoms with Gasteiger partial charge in [0.2, 0.25) is 0 Å². The van der Waals surface area contributed by atoms with E-state index in [-0.39, 0.29) is 0 Å². The average molecular weight is 215 g/mol. The van der Waals surface area contributed by atoms with Crippen molar-refractivity contribution in [3.05, 3.63) is 30.1 Å². The first-order valence-corrected chi connectivity index (χ1v) is 5.92. The molecule has 1 saturated heterocycles. The van der Waals surface area contributed by atoms with Gasteiger partial charge in [0.15, 0.2) is 0 Å². The number of fused-ring (bicyclic) bond motifs is 1. The number of aryl methyl sites for hydroxylation is 1. The lowest BCUT2D eigenvalue weighted by Gasteiger charge is -2.14. The van der Waals surface area contributed by atoms with Gasteiger partial charge in [-0.15, -0.1) is 0 Å². The molecule has 3 nitrogen and oxygen atoms in total. The minimum Gasteiger partial charge on any atom is -0.331 e. The van der Waals surface area contributed by atoms with Crippen LogP contribution in [0, 0.1) is 0 Å². The standard InChI is InChI=1S/C13H17N3/c1-9-10(7-8-14-9)13-15-11-5-3-4-6-12(11)16(13)2/h3-6,9-10,14H,7-8H2,1-2H3. The summed E-state index contributed by atoms with van der Waals surface area (Å²) in [5.74, 6) is 1.77. The molecular formula is C13H17N3. The fraction of sp³-hybridized carbons (Fsp3) is 0.462. The minimum absolute atomic E-state index is 0.538. The summed E-state index contributed by atoms with van der Waals surface area (Å²) in [5, 5.41) is 3.49. The molecule has 0 saturated carbocycles. The van der Waals surface area contributed by atoms with Crippen molar-refractivity contribution in [1.82, 2.24) is 14.9 Å². The zero-order valence-electron chi connectivity index (χ0n) is 9.77. The van der Waals surface area contributed by atoms with Crippen LogP contribution in [0.1, 0.15) is 25.1 Å². The molecule has 16 heavy (non-hydrogen) atoms. The van der Waals surface area contributed by atoms with Crippen LogP contribution in [0.5, 0.6) is 0 Å². The first kappa shape index (κ1) is 9.85. The molecule has 2 aromatic rings. The monoisotopic (exact) mass is 215 g/mol. The Morgan fingerprint density at radius 2 is 2.19 bits per heavy atom. The Morgan fingerprint density at radius 1 is 1.38 bits per heavy atom. The maximum Gasteiger partial charge on any atom is 0.114 e. The maximum atomic E-state index is 4.77. The second kappa shape index (κ2) is 3.59. The summed E-state index contributed by atoms with van der Waals surface area (Å²) in [5.41, 5.74) is 2.34. The number of hydrogen-bond donors (Lipinski definition) is 1. The lowest BCUT2D eigenvalue weighted by Crippen LogP contribution is -2.23. The third-order valence-corrected chi connectivity index (χ3v) is 3.68. The van der Waals surface area contributed by atoms with Crippen molar-refractivity contribution in [3.63, 3.8) is 0 Å². The third-order valence-electron chi connectivity index (χ3n) is 3.68. The lowest BCUT2D eigenvalue weighted by atomic mass is 10.0. The van der Waals surface area contributed by atoms with Crippen molar-refractivity contribution >= 4 is 11.0 Å². The Hall–Kier alpha value is -1.35. The number of hydrogen-bond acceptors (Lipinski definition) is 2. The highest BCUT2D eigenvalue weighted by molar-refractivity contribution is 5.75. The van der Waals surface area contributed by atoms with E-state index >= 15 is 0 Å². The SMILES string of the molecule is CC1NCCC1c1nc2ccccc2n1C. The fourth-order valence-electron chi connectivity index (χ4n) is 2.71. The Kier molecular flexibility index (Phi) is 2.21. The van der Waals surface area contributed by atoms with E-state index in [1.165, 1.54) is 17.8 Å². The van der Waals surface area contributed by atoms with Gasteiger partial charge >= 0.3 is 0 Å². The molecule has 1 fully saturated rings. The summed E-state index contributed by atoms with van der Waals surface area (Å²) in [4.78, 5) is 4.77. The van der Waals surface area contributed by atoms with Gasteiger partial charge in [0.05, 0.1) is 11.0 Å². The predicted octanol–water partition coefficient (Wildman–Crippen LogP) is 2.04. The number of para-hydroxylation sites is 2. The maximum absolute atomic E-state index is 4.77. The van der Waals surface area contributed by atoms with Crippen molar-refractivity contribution in [1.29, 1.82) is 0 Å². The van der Waals surface area contributed by atoms with Crippen molar-refractivity contribution in [2.75, 3.05) is 6.54 Å². The minimum atomic E-state index is 0.538. The number of nitrogens with zero attached hydrogens (tertiary/aromatic N) is 2. The quantitative estimate of drug-likeness (QED) is 0.789. The highest BCUT2D eigenvalue weighted by atomic mass is 15.1. The molecule has 0 aliphatic carbocycles. The van der Waals surface area contributed by atoms with Crippen LogP contribution < -0.4 is 5.32 Å². The first-order valence-electron chi connectivity index (χ1n) is 5.92. The van der Waals surface area contributed by atoms with Crippen LogP contribution in [0.25, 0.3) is 11.0 Å². The van der Waals surface area contributed by atoms with Crippen LogP contribution in [-0.2, 0) is 7.05 Å². The molecule has 1 aromatic carbocycles. The number of nitrogens with one attached hydrogen (secondary N) is 1. The Morgan fingerprint density at radius 3 is 2.88 bits per heavy atom. The highest BCUT2D eigenvalue weighted by Crippen LogP contribution is 2.28. The highest BCUT2D eigenvalue weighted by Gasteiger charge is 2.28. The van der Waals surface area contributed by atoms with Crippen LogP contribution >= 0.6 is 0 Å². The molecule has 2 atom stereocenters. The fourth-order valence-corrected chi connectivity index (χ4v) is 2.71. The summed E-state index contributed by atoms with van der Waals surface area (Å²) >= 11 is 0. The molecule has 1 N–H and O–H groups in total. The second-order valence-corrected chi connectivity index (χ2v) is 4.66. The molecule has 1 aliphatic heterocycles. The normalized spacial score (nSPS) is 25.4. The molecule has 84 valence electrons. The molecule has 1 aromatic heterocycles. The summed E-state index contributed by atoms with van der Waals surface area (Å²) in [6, 6.07) is 8.89. The number of aromatic nitrogens is 2. The van der Waals surface area contributed by atoms with Gasteiger partial charge in [0, 0.05) is 19.0 Å². The Labute approximate surface area is 95.5 Å². The molecule has 1 aliphatic rings. The molecule has 3 heteroatoms. The molecule has 2 heterocycles.